The van der Waals surface area contributed by atoms with Crippen LogP contribution >= 0.6 is 0 Å². The molecule has 3 aromatic rings. The fourth-order valence-corrected chi connectivity index (χ4v) is 5.47. The largest absolute Gasteiger partial charge is 0.341 e. The van der Waals surface area contributed by atoms with Crippen LogP contribution in [0.2, 0.25) is 0 Å². The first-order chi connectivity index (χ1) is 14.0. The molecule has 1 aliphatic rings. The van der Waals surface area contributed by atoms with Crippen molar-refractivity contribution >= 4 is 26.6 Å². The van der Waals surface area contributed by atoms with Gasteiger partial charge in [0.15, 0.2) is 9.84 Å². The van der Waals surface area contributed by atoms with Gasteiger partial charge in [0.1, 0.15) is 12.4 Å². The van der Waals surface area contributed by atoms with Crippen molar-refractivity contribution in [1.82, 2.24) is 9.47 Å². The number of hydrogen-bond acceptors (Lipinski definition) is 3. The predicted molar refractivity (Wildman–Crippen MR) is 110 cm³/mol. The highest BCUT2D eigenvalue weighted by atomic mass is 32.2. The number of para-hydroxylation sites is 1. The van der Waals surface area contributed by atoms with Gasteiger partial charge in [-0.15, -0.1) is 0 Å². The number of hydrogen-bond donors (Lipinski definition) is 0. The van der Waals surface area contributed by atoms with Gasteiger partial charge in [-0.3, -0.25) is 4.79 Å². The first kappa shape index (κ1) is 19.6. The molecule has 0 unspecified atom stereocenters. The van der Waals surface area contributed by atoms with Crippen LogP contribution in [0.15, 0.2) is 59.6 Å². The van der Waals surface area contributed by atoms with Crippen LogP contribution in [0.5, 0.6) is 0 Å². The van der Waals surface area contributed by atoms with Gasteiger partial charge in [-0.1, -0.05) is 36.4 Å². The normalized spacial score (nSPS) is 15.0. The lowest BCUT2D eigenvalue weighted by molar-refractivity contribution is -0.132. The molecule has 0 saturated carbocycles. The number of fused-ring (bicyclic) bond motifs is 1. The van der Waals surface area contributed by atoms with Crippen LogP contribution in [0.1, 0.15) is 24.8 Å². The SMILES string of the molecule is O=C(Cn1cc(S(=O)(=O)Cc2ccccc2F)c2ccccc21)N1CCCCC1. The third-order valence-corrected chi connectivity index (χ3v) is 7.09. The van der Waals surface area contributed by atoms with Crippen molar-refractivity contribution in [2.24, 2.45) is 0 Å². The summed E-state index contributed by atoms with van der Waals surface area (Å²) in [5.74, 6) is -0.975. The highest BCUT2D eigenvalue weighted by Gasteiger charge is 2.24. The summed E-state index contributed by atoms with van der Waals surface area (Å²) in [7, 11) is -3.79. The number of halogens is 1. The van der Waals surface area contributed by atoms with E-state index in [9.17, 15) is 17.6 Å². The number of likely N-dealkylation sites (tertiary alicyclic amines) is 1. The standard InChI is InChI=1S/C22H23FN2O3S/c23-19-10-4-2-8-17(19)16-29(27,28)21-14-25(20-11-5-3-9-18(20)21)15-22(26)24-12-6-1-7-13-24/h2-5,8-11,14H,1,6-7,12-13,15-16H2. The molecule has 1 aromatic heterocycles. The third-order valence-electron chi connectivity index (χ3n) is 5.40. The average Bonchev–Trinajstić information content (AvgIpc) is 3.10. The van der Waals surface area contributed by atoms with Crippen molar-refractivity contribution in [3.05, 3.63) is 66.1 Å². The minimum atomic E-state index is -3.79. The lowest BCUT2D eigenvalue weighted by Gasteiger charge is -2.27. The molecule has 152 valence electrons. The minimum absolute atomic E-state index is 0.0106. The minimum Gasteiger partial charge on any atom is -0.341 e. The fourth-order valence-electron chi connectivity index (χ4n) is 3.88. The molecule has 1 amide bonds. The first-order valence-electron chi connectivity index (χ1n) is 9.77. The maximum atomic E-state index is 14.0. The van der Waals surface area contributed by atoms with Crippen LogP contribution in [0.4, 0.5) is 4.39 Å². The summed E-state index contributed by atoms with van der Waals surface area (Å²) >= 11 is 0. The van der Waals surface area contributed by atoms with E-state index in [1.165, 1.54) is 24.4 Å². The maximum absolute atomic E-state index is 14.0. The second-order valence-electron chi connectivity index (χ2n) is 7.43. The summed E-state index contributed by atoms with van der Waals surface area (Å²) in [5.41, 5.74) is 0.818. The molecular weight excluding hydrogens is 391 g/mol. The highest BCUT2D eigenvalue weighted by Crippen LogP contribution is 2.28. The van der Waals surface area contributed by atoms with Crippen LogP contribution < -0.4 is 0 Å². The van der Waals surface area contributed by atoms with E-state index < -0.39 is 21.4 Å². The summed E-state index contributed by atoms with van der Waals surface area (Å²) in [6.45, 7) is 1.59. The van der Waals surface area contributed by atoms with E-state index in [-0.39, 0.29) is 22.9 Å². The summed E-state index contributed by atoms with van der Waals surface area (Å²) in [6, 6.07) is 13.0. The number of piperidine rings is 1. The van der Waals surface area contributed by atoms with E-state index in [0.717, 1.165) is 32.4 Å². The molecule has 0 bridgehead atoms. The van der Waals surface area contributed by atoms with Crippen LogP contribution in [0, 0.1) is 5.82 Å². The Labute approximate surface area is 169 Å². The molecule has 2 heterocycles. The summed E-state index contributed by atoms with van der Waals surface area (Å²) < 4.78 is 41.9. The molecule has 0 radical (unpaired) electrons. The molecule has 0 spiro atoms. The molecule has 1 fully saturated rings. The number of carbonyl (C=O) groups excluding carboxylic acids is 1. The van der Waals surface area contributed by atoms with Crippen LogP contribution in [0.3, 0.4) is 0 Å². The Balaban J connectivity index is 1.68. The van der Waals surface area contributed by atoms with Crippen molar-refractivity contribution in [2.45, 2.75) is 36.5 Å². The van der Waals surface area contributed by atoms with E-state index in [1.807, 2.05) is 11.0 Å². The van der Waals surface area contributed by atoms with Gasteiger partial charge in [-0.2, -0.15) is 0 Å². The van der Waals surface area contributed by atoms with Crippen LogP contribution in [0.25, 0.3) is 10.9 Å². The summed E-state index contributed by atoms with van der Waals surface area (Å²) in [4.78, 5) is 14.7. The average molecular weight is 415 g/mol. The Kier molecular flexibility index (Phi) is 5.41. The van der Waals surface area contributed by atoms with Gasteiger partial charge in [0.2, 0.25) is 5.91 Å². The Hall–Kier alpha value is -2.67. The summed E-state index contributed by atoms with van der Waals surface area (Å²) in [6.07, 6.45) is 4.65. The maximum Gasteiger partial charge on any atom is 0.242 e. The predicted octanol–water partition coefficient (Wildman–Crippen LogP) is 3.77. The van der Waals surface area contributed by atoms with Gasteiger partial charge >= 0.3 is 0 Å². The van der Waals surface area contributed by atoms with E-state index >= 15 is 0 Å². The van der Waals surface area contributed by atoms with Crippen molar-refractivity contribution in [3.8, 4) is 0 Å². The second kappa shape index (κ2) is 7.99. The zero-order chi connectivity index (χ0) is 20.4. The quantitative estimate of drug-likeness (QED) is 0.639. The molecule has 0 aliphatic carbocycles. The topological polar surface area (TPSA) is 59.4 Å². The number of rotatable bonds is 5. The number of aromatic nitrogens is 1. The van der Waals surface area contributed by atoms with Crippen molar-refractivity contribution in [3.63, 3.8) is 0 Å². The van der Waals surface area contributed by atoms with Gasteiger partial charge in [0.05, 0.1) is 10.6 Å². The second-order valence-corrected chi connectivity index (χ2v) is 9.39. The van der Waals surface area contributed by atoms with Crippen LogP contribution in [-0.4, -0.2) is 36.9 Å². The number of benzene rings is 2. The number of nitrogens with zero attached hydrogens (tertiary/aromatic N) is 2. The lowest BCUT2D eigenvalue weighted by atomic mass is 10.1. The van der Waals surface area contributed by atoms with Gasteiger partial charge in [-0.05, 0) is 31.4 Å². The smallest absolute Gasteiger partial charge is 0.242 e. The monoisotopic (exact) mass is 414 g/mol. The molecule has 1 saturated heterocycles. The third kappa shape index (κ3) is 4.05. The van der Waals surface area contributed by atoms with E-state index in [2.05, 4.69) is 0 Å². The number of carbonyl (C=O) groups is 1. The fraction of sp³-hybridized carbons (Fsp3) is 0.318. The molecule has 1 aliphatic heterocycles. The zero-order valence-electron chi connectivity index (χ0n) is 16.1. The van der Waals surface area contributed by atoms with E-state index in [0.29, 0.717) is 10.9 Å². The Bertz CT molecular complexity index is 1150. The Morgan fingerprint density at radius 2 is 1.66 bits per heavy atom. The van der Waals surface area contributed by atoms with Gasteiger partial charge in [0.25, 0.3) is 0 Å². The van der Waals surface area contributed by atoms with Gasteiger partial charge in [-0.25, -0.2) is 12.8 Å². The molecule has 5 nitrogen and oxygen atoms in total. The molecule has 2 aromatic carbocycles. The summed E-state index contributed by atoms with van der Waals surface area (Å²) in [5, 5.41) is 0.551. The van der Waals surface area contributed by atoms with Crippen molar-refractivity contribution in [1.29, 1.82) is 0 Å². The van der Waals surface area contributed by atoms with Gasteiger partial charge < -0.3 is 9.47 Å². The first-order valence-corrected chi connectivity index (χ1v) is 11.4. The van der Waals surface area contributed by atoms with Crippen molar-refractivity contribution in [2.75, 3.05) is 13.1 Å². The highest BCUT2D eigenvalue weighted by molar-refractivity contribution is 7.90. The molecule has 29 heavy (non-hydrogen) atoms. The van der Waals surface area contributed by atoms with Crippen molar-refractivity contribution < 1.29 is 17.6 Å². The Morgan fingerprint density at radius 3 is 2.41 bits per heavy atom. The number of sulfone groups is 1. The Morgan fingerprint density at radius 1 is 0.966 bits per heavy atom. The molecule has 4 rings (SSSR count). The molecule has 0 atom stereocenters. The van der Waals surface area contributed by atoms with Gasteiger partial charge in [0, 0.05) is 35.8 Å². The van der Waals surface area contributed by atoms with E-state index in [1.54, 1.807) is 28.8 Å². The van der Waals surface area contributed by atoms with Crippen LogP contribution in [-0.2, 0) is 26.9 Å². The number of amides is 1. The molecular formula is C22H23FN2O3S. The lowest BCUT2D eigenvalue weighted by Crippen LogP contribution is -2.37. The molecule has 0 N–H and O–H groups in total. The zero-order valence-corrected chi connectivity index (χ0v) is 16.9. The van der Waals surface area contributed by atoms with E-state index in [4.69, 9.17) is 0 Å². The molecule has 7 heteroatoms.